The Morgan fingerprint density at radius 2 is 1.82 bits per heavy atom. The van der Waals surface area contributed by atoms with Crippen LogP contribution in [0.4, 0.5) is 0 Å². The van der Waals surface area contributed by atoms with E-state index in [4.69, 9.17) is 25.8 Å². The van der Waals surface area contributed by atoms with Gasteiger partial charge in [-0.1, -0.05) is 29.8 Å². The first kappa shape index (κ1) is 25.6. The molecule has 0 unspecified atom stereocenters. The molecule has 1 amide bonds. The van der Waals surface area contributed by atoms with Crippen molar-refractivity contribution in [3.8, 4) is 17.2 Å². The summed E-state index contributed by atoms with van der Waals surface area (Å²) in [4.78, 5) is 12.5. The number of benzene rings is 3. The van der Waals surface area contributed by atoms with Gasteiger partial charge in [0.2, 0.25) is 0 Å². The number of carbonyl (C=O) groups excluding carboxylic acids is 1. The maximum Gasteiger partial charge on any atom is 0.271 e. The topological polar surface area (TPSA) is 69.2 Å². The molecule has 3 aromatic carbocycles. The number of nitrogens with one attached hydrogen (secondary N) is 1. The number of allylic oxidation sites excluding steroid dienone is 1. The Kier molecular flexibility index (Phi) is 9.35. The minimum absolute atomic E-state index is 0.341. The Morgan fingerprint density at radius 3 is 2.50 bits per heavy atom. The molecule has 0 aliphatic rings. The SMILES string of the molecule is C=CCc1cc(/C=N\NC(=O)c2ccc(I)c(OC)c2)cc(OC)c1OCc1ccc(Cl)cc1. The largest absolute Gasteiger partial charge is 0.496 e. The first-order chi connectivity index (χ1) is 16.4. The normalized spacial score (nSPS) is 10.7. The van der Waals surface area contributed by atoms with Gasteiger partial charge < -0.3 is 14.2 Å². The van der Waals surface area contributed by atoms with Gasteiger partial charge in [0.15, 0.2) is 11.5 Å². The zero-order valence-electron chi connectivity index (χ0n) is 18.8. The second-order valence-electron chi connectivity index (χ2n) is 7.17. The highest BCUT2D eigenvalue weighted by Gasteiger charge is 2.13. The summed E-state index contributed by atoms with van der Waals surface area (Å²) in [5.74, 6) is 1.48. The quantitative estimate of drug-likeness (QED) is 0.135. The highest BCUT2D eigenvalue weighted by molar-refractivity contribution is 14.1. The standard InChI is InChI=1S/C26H24ClIN2O4/c1-4-5-19-12-18(15-29-30-26(31)20-8-11-22(28)23(14-20)32-2)13-24(33-3)25(19)34-16-17-6-9-21(27)10-7-17/h4,6-15H,1,5,16H2,2-3H3,(H,30,31)/b29-15-. The van der Waals surface area contributed by atoms with Crippen molar-refractivity contribution < 1.29 is 19.0 Å². The maximum atomic E-state index is 12.5. The lowest BCUT2D eigenvalue weighted by Crippen LogP contribution is -2.17. The van der Waals surface area contributed by atoms with Gasteiger partial charge in [0.05, 0.1) is 24.0 Å². The molecule has 0 spiro atoms. The third kappa shape index (κ3) is 6.74. The fraction of sp³-hybridized carbons (Fsp3) is 0.154. The molecule has 3 rings (SSSR count). The van der Waals surface area contributed by atoms with Crippen molar-refractivity contribution in [2.45, 2.75) is 13.0 Å². The molecular formula is C26H24ClIN2O4. The van der Waals surface area contributed by atoms with Crippen molar-refractivity contribution >= 4 is 46.3 Å². The highest BCUT2D eigenvalue weighted by atomic mass is 127. The Hall–Kier alpha value is -3.04. The van der Waals surface area contributed by atoms with Crippen molar-refractivity contribution in [3.05, 3.63) is 98.1 Å². The molecule has 0 aliphatic heterocycles. The van der Waals surface area contributed by atoms with E-state index in [1.54, 1.807) is 44.7 Å². The van der Waals surface area contributed by atoms with Gasteiger partial charge in [0.1, 0.15) is 12.4 Å². The van der Waals surface area contributed by atoms with Gasteiger partial charge in [-0.3, -0.25) is 4.79 Å². The van der Waals surface area contributed by atoms with Gasteiger partial charge in [0, 0.05) is 16.1 Å². The maximum absolute atomic E-state index is 12.5. The number of methoxy groups -OCH3 is 2. The number of hydrogen-bond donors (Lipinski definition) is 1. The van der Waals surface area contributed by atoms with Crippen LogP contribution in [0.5, 0.6) is 17.2 Å². The number of amides is 1. The number of hydrogen-bond acceptors (Lipinski definition) is 5. The number of nitrogens with zero attached hydrogens (tertiary/aromatic N) is 1. The Morgan fingerprint density at radius 1 is 1.09 bits per heavy atom. The smallest absolute Gasteiger partial charge is 0.271 e. The molecule has 0 bridgehead atoms. The molecule has 6 nitrogen and oxygen atoms in total. The summed E-state index contributed by atoms with van der Waals surface area (Å²) in [6, 6.07) is 16.4. The molecule has 8 heteroatoms. The van der Waals surface area contributed by atoms with Crippen LogP contribution in [0, 0.1) is 3.57 Å². The minimum atomic E-state index is -0.341. The summed E-state index contributed by atoms with van der Waals surface area (Å²) in [6.07, 6.45) is 3.92. The van der Waals surface area contributed by atoms with Gasteiger partial charge in [-0.05, 0) is 82.6 Å². The van der Waals surface area contributed by atoms with Crippen molar-refractivity contribution in [2.24, 2.45) is 5.10 Å². The van der Waals surface area contributed by atoms with E-state index in [1.807, 2.05) is 36.4 Å². The van der Waals surface area contributed by atoms with Crippen LogP contribution in [-0.4, -0.2) is 26.3 Å². The third-order valence-electron chi connectivity index (χ3n) is 4.83. The second kappa shape index (κ2) is 12.4. The molecule has 34 heavy (non-hydrogen) atoms. The van der Waals surface area contributed by atoms with E-state index in [0.29, 0.717) is 40.9 Å². The number of ether oxygens (including phenoxy) is 3. The van der Waals surface area contributed by atoms with E-state index in [2.05, 4.69) is 39.7 Å². The monoisotopic (exact) mass is 590 g/mol. The third-order valence-corrected chi connectivity index (χ3v) is 5.97. The first-order valence-corrected chi connectivity index (χ1v) is 11.8. The van der Waals surface area contributed by atoms with Crippen LogP contribution in [0.2, 0.25) is 5.02 Å². The molecule has 0 heterocycles. The molecule has 0 atom stereocenters. The summed E-state index contributed by atoms with van der Waals surface area (Å²) in [5, 5.41) is 4.77. The number of carbonyl (C=O) groups is 1. The fourth-order valence-electron chi connectivity index (χ4n) is 3.15. The van der Waals surface area contributed by atoms with E-state index in [1.165, 1.54) is 0 Å². The molecule has 0 aliphatic carbocycles. The van der Waals surface area contributed by atoms with Gasteiger partial charge in [-0.2, -0.15) is 5.10 Å². The predicted molar refractivity (Wildman–Crippen MR) is 143 cm³/mol. The molecular weight excluding hydrogens is 567 g/mol. The zero-order valence-corrected chi connectivity index (χ0v) is 21.7. The van der Waals surface area contributed by atoms with E-state index < -0.39 is 0 Å². The predicted octanol–water partition coefficient (Wildman–Crippen LogP) is 6.03. The Balaban J connectivity index is 1.77. The first-order valence-electron chi connectivity index (χ1n) is 10.3. The Labute approximate surface area is 217 Å². The second-order valence-corrected chi connectivity index (χ2v) is 8.77. The van der Waals surface area contributed by atoms with Crippen LogP contribution in [0.25, 0.3) is 0 Å². The number of rotatable bonds is 10. The summed E-state index contributed by atoms with van der Waals surface area (Å²) in [5.41, 5.74) is 5.61. The van der Waals surface area contributed by atoms with Crippen molar-refractivity contribution in [2.75, 3.05) is 14.2 Å². The molecule has 3 aromatic rings. The lowest BCUT2D eigenvalue weighted by atomic mass is 10.1. The van der Waals surface area contributed by atoms with Gasteiger partial charge in [-0.25, -0.2) is 5.43 Å². The van der Waals surface area contributed by atoms with Crippen LogP contribution in [0.1, 0.15) is 27.0 Å². The average Bonchev–Trinajstić information content (AvgIpc) is 2.84. The van der Waals surface area contributed by atoms with Crippen molar-refractivity contribution in [1.82, 2.24) is 5.43 Å². The molecule has 0 saturated heterocycles. The van der Waals surface area contributed by atoms with Crippen LogP contribution in [-0.2, 0) is 13.0 Å². The van der Waals surface area contributed by atoms with Gasteiger partial charge in [0.25, 0.3) is 5.91 Å². The van der Waals surface area contributed by atoms with Crippen molar-refractivity contribution in [1.29, 1.82) is 0 Å². The summed E-state index contributed by atoms with van der Waals surface area (Å²) < 4.78 is 17.8. The Bertz CT molecular complexity index is 1200. The van der Waals surface area contributed by atoms with E-state index in [-0.39, 0.29) is 5.91 Å². The minimum Gasteiger partial charge on any atom is -0.496 e. The van der Waals surface area contributed by atoms with Crippen LogP contribution in [0.3, 0.4) is 0 Å². The molecule has 0 radical (unpaired) electrons. The summed E-state index contributed by atoms with van der Waals surface area (Å²) in [6.45, 7) is 4.20. The number of hydrazone groups is 1. The summed E-state index contributed by atoms with van der Waals surface area (Å²) >= 11 is 8.11. The van der Waals surface area contributed by atoms with Crippen molar-refractivity contribution in [3.63, 3.8) is 0 Å². The van der Waals surface area contributed by atoms with Gasteiger partial charge in [-0.15, -0.1) is 6.58 Å². The molecule has 176 valence electrons. The number of halogens is 2. The molecule has 1 N–H and O–H groups in total. The van der Waals surface area contributed by atoms with E-state index >= 15 is 0 Å². The van der Waals surface area contributed by atoms with Gasteiger partial charge >= 0.3 is 0 Å². The van der Waals surface area contributed by atoms with E-state index in [0.717, 1.165) is 20.3 Å². The molecule has 0 fully saturated rings. The lowest BCUT2D eigenvalue weighted by Gasteiger charge is -2.16. The van der Waals surface area contributed by atoms with Crippen LogP contribution >= 0.6 is 34.2 Å². The highest BCUT2D eigenvalue weighted by Crippen LogP contribution is 2.34. The molecule has 0 aromatic heterocycles. The van der Waals surface area contributed by atoms with Crippen LogP contribution < -0.4 is 19.6 Å². The summed E-state index contributed by atoms with van der Waals surface area (Å²) in [7, 11) is 3.14. The van der Waals surface area contributed by atoms with Crippen LogP contribution in [0.15, 0.2) is 72.4 Å². The zero-order chi connectivity index (χ0) is 24.5. The lowest BCUT2D eigenvalue weighted by molar-refractivity contribution is 0.0954. The van der Waals surface area contributed by atoms with E-state index in [9.17, 15) is 4.79 Å². The molecule has 0 saturated carbocycles. The average molecular weight is 591 g/mol. The fourth-order valence-corrected chi connectivity index (χ4v) is 3.83.